The van der Waals surface area contributed by atoms with Gasteiger partial charge in [0.2, 0.25) is 15.9 Å². The highest BCUT2D eigenvalue weighted by Gasteiger charge is 2.28. The molecule has 9 heteroatoms. The van der Waals surface area contributed by atoms with Crippen LogP contribution in [0.2, 0.25) is 0 Å². The van der Waals surface area contributed by atoms with Gasteiger partial charge < -0.3 is 4.42 Å². The summed E-state index contributed by atoms with van der Waals surface area (Å²) in [4.78, 5) is 12.7. The number of piperidine rings is 1. The van der Waals surface area contributed by atoms with Crippen LogP contribution in [0.3, 0.4) is 0 Å². The Morgan fingerprint density at radius 3 is 2.42 bits per heavy atom. The van der Waals surface area contributed by atoms with Gasteiger partial charge in [-0.1, -0.05) is 30.2 Å². The molecule has 1 aromatic heterocycles. The van der Waals surface area contributed by atoms with Crippen molar-refractivity contribution >= 4 is 21.9 Å². The van der Waals surface area contributed by atoms with Crippen molar-refractivity contribution in [2.45, 2.75) is 44.9 Å². The van der Waals surface area contributed by atoms with Crippen LogP contribution in [0, 0.1) is 19.8 Å². The molecule has 2 aromatic carbocycles. The van der Waals surface area contributed by atoms with Crippen molar-refractivity contribution in [1.29, 1.82) is 0 Å². The summed E-state index contributed by atoms with van der Waals surface area (Å²) in [6.07, 6.45) is 2.18. The average molecular weight is 469 g/mol. The lowest BCUT2D eigenvalue weighted by molar-refractivity contribution is 0.102. The number of anilines is 1. The molecule has 4 rings (SSSR count). The molecule has 1 saturated heterocycles. The maximum absolute atomic E-state index is 12.9. The average Bonchev–Trinajstić information content (AvgIpc) is 3.23. The number of carbonyl (C=O) groups excluding carboxylic acids is 1. The molecule has 0 atom stereocenters. The van der Waals surface area contributed by atoms with E-state index in [4.69, 9.17) is 4.42 Å². The summed E-state index contributed by atoms with van der Waals surface area (Å²) in [5.74, 6) is 0.478. The minimum Gasteiger partial charge on any atom is -0.407 e. The minimum atomic E-state index is -3.56. The summed E-state index contributed by atoms with van der Waals surface area (Å²) in [6.45, 7) is 7.27. The van der Waals surface area contributed by atoms with E-state index < -0.39 is 15.9 Å². The number of hydrogen-bond acceptors (Lipinski definition) is 6. The SMILES string of the molecule is Cc1ccc(Cc2nnc(NC(=O)c3ccc(S(=O)(=O)N4CCC(C)CC4)cc3)o2)cc1C. The van der Waals surface area contributed by atoms with Crippen molar-refractivity contribution in [3.63, 3.8) is 0 Å². The summed E-state index contributed by atoms with van der Waals surface area (Å²) in [5.41, 5.74) is 3.73. The third-order valence-corrected chi connectivity index (χ3v) is 8.02. The van der Waals surface area contributed by atoms with Gasteiger partial charge in [0.15, 0.2) is 0 Å². The zero-order valence-corrected chi connectivity index (χ0v) is 19.9. The molecule has 0 spiro atoms. The highest BCUT2D eigenvalue weighted by molar-refractivity contribution is 7.89. The molecule has 0 radical (unpaired) electrons. The van der Waals surface area contributed by atoms with E-state index in [9.17, 15) is 13.2 Å². The molecule has 1 N–H and O–H groups in total. The van der Waals surface area contributed by atoms with Crippen molar-refractivity contribution in [2.75, 3.05) is 18.4 Å². The van der Waals surface area contributed by atoms with E-state index in [1.54, 1.807) is 0 Å². The van der Waals surface area contributed by atoms with Crippen molar-refractivity contribution in [3.8, 4) is 0 Å². The Hall–Kier alpha value is -3.04. The summed E-state index contributed by atoms with van der Waals surface area (Å²) in [7, 11) is -3.56. The molecule has 0 aliphatic carbocycles. The number of aromatic nitrogens is 2. The van der Waals surface area contributed by atoms with E-state index in [1.165, 1.54) is 39.7 Å². The Kier molecular flexibility index (Phi) is 6.62. The fourth-order valence-corrected chi connectivity index (χ4v) is 5.26. The zero-order chi connectivity index (χ0) is 23.6. The lowest BCUT2D eigenvalue weighted by Gasteiger charge is -2.29. The molecule has 3 aromatic rings. The number of aryl methyl sites for hydroxylation is 2. The van der Waals surface area contributed by atoms with Crippen molar-refractivity contribution in [2.24, 2.45) is 5.92 Å². The predicted octanol–water partition coefficient (Wildman–Crippen LogP) is 3.95. The number of nitrogens with zero attached hydrogens (tertiary/aromatic N) is 3. The van der Waals surface area contributed by atoms with E-state index in [0.717, 1.165) is 18.4 Å². The van der Waals surface area contributed by atoms with Crippen LogP contribution in [0.1, 0.15) is 52.7 Å². The molecule has 1 amide bonds. The van der Waals surface area contributed by atoms with Gasteiger partial charge in [-0.25, -0.2) is 8.42 Å². The van der Waals surface area contributed by atoms with Crippen LogP contribution in [0.15, 0.2) is 51.8 Å². The van der Waals surface area contributed by atoms with Crippen LogP contribution >= 0.6 is 0 Å². The maximum Gasteiger partial charge on any atom is 0.322 e. The molecular formula is C24H28N4O4S. The smallest absolute Gasteiger partial charge is 0.322 e. The molecule has 0 bridgehead atoms. The van der Waals surface area contributed by atoms with E-state index in [2.05, 4.69) is 35.4 Å². The molecular weight excluding hydrogens is 440 g/mol. The normalized spacial score (nSPS) is 15.5. The monoisotopic (exact) mass is 468 g/mol. The Labute approximate surface area is 194 Å². The van der Waals surface area contributed by atoms with Gasteiger partial charge in [0.1, 0.15) is 0 Å². The first-order valence-corrected chi connectivity index (χ1v) is 12.5. The second kappa shape index (κ2) is 9.44. The number of benzene rings is 2. The number of rotatable bonds is 6. The molecule has 0 unspecified atom stereocenters. The van der Waals surface area contributed by atoms with Gasteiger partial charge in [-0.2, -0.15) is 4.31 Å². The van der Waals surface area contributed by atoms with Crippen molar-refractivity contribution in [1.82, 2.24) is 14.5 Å². The first kappa shape index (κ1) is 23.1. The Morgan fingerprint density at radius 1 is 1.06 bits per heavy atom. The zero-order valence-electron chi connectivity index (χ0n) is 19.0. The van der Waals surface area contributed by atoms with Gasteiger partial charge in [-0.05, 0) is 73.6 Å². The molecule has 0 saturated carbocycles. The van der Waals surface area contributed by atoms with Crippen LogP contribution in [0.4, 0.5) is 6.01 Å². The van der Waals surface area contributed by atoms with Gasteiger partial charge in [0, 0.05) is 18.7 Å². The fourth-order valence-electron chi connectivity index (χ4n) is 3.79. The van der Waals surface area contributed by atoms with E-state index in [0.29, 0.717) is 36.9 Å². The van der Waals surface area contributed by atoms with Gasteiger partial charge in [0.05, 0.1) is 11.3 Å². The minimum absolute atomic E-state index is 0.00188. The second-order valence-corrected chi connectivity index (χ2v) is 10.6. The largest absolute Gasteiger partial charge is 0.407 e. The third-order valence-electron chi connectivity index (χ3n) is 6.11. The number of carbonyl (C=O) groups is 1. The predicted molar refractivity (Wildman–Crippen MR) is 125 cm³/mol. The van der Waals surface area contributed by atoms with E-state index >= 15 is 0 Å². The summed E-state index contributed by atoms with van der Waals surface area (Å²) in [6, 6.07) is 12.0. The van der Waals surface area contributed by atoms with E-state index in [1.807, 2.05) is 19.1 Å². The molecule has 1 fully saturated rings. The van der Waals surface area contributed by atoms with Gasteiger partial charge in [-0.15, -0.1) is 5.10 Å². The number of amides is 1. The van der Waals surface area contributed by atoms with Gasteiger partial charge in [0.25, 0.3) is 5.91 Å². The van der Waals surface area contributed by atoms with Crippen LogP contribution in [0.5, 0.6) is 0 Å². The number of hydrogen-bond donors (Lipinski definition) is 1. The van der Waals surface area contributed by atoms with Crippen molar-refractivity contribution < 1.29 is 17.6 Å². The number of sulfonamides is 1. The second-order valence-electron chi connectivity index (χ2n) is 8.66. The standard InChI is InChI=1S/C24H28N4O4S/c1-16-10-12-28(13-11-16)33(30,31)21-8-6-20(7-9-21)23(29)25-24-27-26-22(32-24)15-19-5-4-17(2)18(3)14-19/h4-9,14,16H,10-13,15H2,1-3H3,(H,25,27,29). The molecule has 2 heterocycles. The summed E-state index contributed by atoms with van der Waals surface area (Å²) in [5, 5.41) is 10.5. The van der Waals surface area contributed by atoms with Crippen LogP contribution in [0.25, 0.3) is 0 Å². The van der Waals surface area contributed by atoms with Crippen LogP contribution in [-0.2, 0) is 16.4 Å². The molecule has 8 nitrogen and oxygen atoms in total. The maximum atomic E-state index is 12.9. The highest BCUT2D eigenvalue weighted by Crippen LogP contribution is 2.24. The fraction of sp³-hybridized carbons (Fsp3) is 0.375. The van der Waals surface area contributed by atoms with E-state index in [-0.39, 0.29) is 10.9 Å². The molecule has 33 heavy (non-hydrogen) atoms. The summed E-state index contributed by atoms with van der Waals surface area (Å²) < 4.78 is 32.8. The third kappa shape index (κ3) is 5.31. The van der Waals surface area contributed by atoms with Crippen LogP contribution in [-0.4, -0.2) is 41.9 Å². The Morgan fingerprint density at radius 2 is 1.76 bits per heavy atom. The Bertz CT molecular complexity index is 1240. The van der Waals surface area contributed by atoms with Crippen LogP contribution < -0.4 is 5.32 Å². The highest BCUT2D eigenvalue weighted by atomic mass is 32.2. The molecule has 174 valence electrons. The topological polar surface area (TPSA) is 105 Å². The van der Waals surface area contributed by atoms with Crippen molar-refractivity contribution in [3.05, 3.63) is 70.6 Å². The number of nitrogens with one attached hydrogen (secondary N) is 1. The quantitative estimate of drug-likeness (QED) is 0.587. The Balaban J connectivity index is 1.39. The molecule has 1 aliphatic rings. The van der Waals surface area contributed by atoms with Gasteiger partial charge in [-0.3, -0.25) is 10.1 Å². The lowest BCUT2D eigenvalue weighted by Crippen LogP contribution is -2.37. The van der Waals surface area contributed by atoms with Gasteiger partial charge >= 0.3 is 6.01 Å². The lowest BCUT2D eigenvalue weighted by atomic mass is 10.0. The molecule has 1 aliphatic heterocycles. The summed E-state index contributed by atoms with van der Waals surface area (Å²) >= 11 is 0. The first-order chi connectivity index (χ1) is 15.7. The first-order valence-electron chi connectivity index (χ1n) is 11.0.